The lowest BCUT2D eigenvalue weighted by molar-refractivity contribution is 0.0685. The molecule has 72 heavy (non-hydrogen) atoms. The molecule has 27 heteroatoms. The van der Waals surface area contributed by atoms with Gasteiger partial charge in [0.25, 0.3) is 19.1 Å². The quantitative estimate of drug-likeness (QED) is 0.0369. The van der Waals surface area contributed by atoms with Crippen LogP contribution in [-0.4, -0.2) is 58.8 Å². The number of benzene rings is 7. The Kier molecular flexibility index (Phi) is 22.9. The highest BCUT2D eigenvalue weighted by Crippen LogP contribution is 2.31. The number of carboxylic acid groups (broad SMARTS) is 3. The summed E-state index contributed by atoms with van der Waals surface area (Å²) in [6.07, 6.45) is 0. The van der Waals surface area contributed by atoms with Gasteiger partial charge in [0.05, 0.1) is 49.7 Å². The first-order valence-corrected chi connectivity index (χ1v) is 25.1. The first-order valence-electron chi connectivity index (χ1n) is 18.9. The first-order chi connectivity index (χ1) is 33.6. The Morgan fingerprint density at radius 3 is 1.39 bits per heavy atom. The van der Waals surface area contributed by atoms with Crippen LogP contribution >= 0.6 is 57.4 Å². The van der Waals surface area contributed by atoms with Crippen molar-refractivity contribution < 1.29 is 76.6 Å². The number of halogens is 9. The summed E-state index contributed by atoms with van der Waals surface area (Å²) in [4.78, 5) is 31.1. The fourth-order valence-corrected chi connectivity index (χ4v) is 8.08. The third kappa shape index (κ3) is 19.0. The third-order valence-electron chi connectivity index (χ3n) is 8.51. The van der Waals surface area contributed by atoms with Crippen LogP contribution in [0.1, 0.15) is 31.1 Å². The predicted octanol–water partition coefficient (Wildman–Crippen LogP) is 12.0. The minimum absolute atomic E-state index is 0.00276. The van der Waals surface area contributed by atoms with Gasteiger partial charge in [-0.15, -0.1) is 0 Å². The molecule has 7 rings (SSSR count). The maximum Gasteiger partial charge on any atom is 0.335 e. The molecule has 0 aliphatic heterocycles. The third-order valence-corrected chi connectivity index (χ3v) is 12.3. The van der Waals surface area contributed by atoms with E-state index >= 15 is 0 Å². The number of nitrogens with one attached hydrogen (secondary N) is 1. The summed E-state index contributed by atoms with van der Waals surface area (Å²) in [7, 11) is -3.32. The number of nitrogen functional groups attached to an aromatic ring is 1. The second-order valence-corrected chi connectivity index (χ2v) is 20.0. The molecule has 6 N–H and O–H groups in total. The molecule has 0 radical (unpaired) electrons. The van der Waals surface area contributed by atoms with Crippen molar-refractivity contribution in [2.45, 2.75) is 9.79 Å². The summed E-state index contributed by atoms with van der Waals surface area (Å²) < 4.78 is 125. The number of carboxylic acids is 3. The Labute approximate surface area is 434 Å². The minimum Gasteiger partial charge on any atom is -0.749 e. The van der Waals surface area contributed by atoms with Gasteiger partial charge in [-0.3, -0.25) is 4.72 Å². The molecule has 0 aliphatic carbocycles. The summed E-state index contributed by atoms with van der Waals surface area (Å²) in [5.74, 6) is -6.92. The second-order valence-electron chi connectivity index (χ2n) is 13.5. The van der Waals surface area contributed by atoms with Crippen molar-refractivity contribution in [3.8, 4) is 22.3 Å². The molecule has 15 nitrogen and oxygen atoms in total. The molecule has 1 unspecified atom stereocenters. The lowest BCUT2D eigenvalue weighted by Crippen LogP contribution is -2.15. The second kappa shape index (κ2) is 27.5. The zero-order valence-electron chi connectivity index (χ0n) is 35.5. The number of carbonyl (C=O) groups is 3. The average molecular weight is 1160 g/mol. The maximum absolute atomic E-state index is 14.2. The Bertz CT molecular complexity index is 3330. The van der Waals surface area contributed by atoms with Crippen LogP contribution in [0, 0.1) is 23.3 Å². The molecule has 0 heterocycles. The molecule has 0 aromatic heterocycles. The predicted molar refractivity (Wildman–Crippen MR) is 263 cm³/mol. The Morgan fingerprint density at radius 2 is 0.972 bits per heavy atom. The average Bonchev–Trinajstić information content (AvgIpc) is 3.31. The van der Waals surface area contributed by atoms with E-state index in [1.807, 2.05) is 10.8 Å². The highest BCUT2D eigenvalue weighted by molar-refractivity contribution is 8.13. The van der Waals surface area contributed by atoms with Crippen molar-refractivity contribution in [2.75, 3.05) is 10.5 Å². The lowest BCUT2D eigenvalue weighted by Gasteiger charge is -2.12. The van der Waals surface area contributed by atoms with Crippen molar-refractivity contribution in [3.63, 3.8) is 0 Å². The van der Waals surface area contributed by atoms with E-state index in [1.54, 1.807) is 66.7 Å². The molecule has 0 fully saturated rings. The summed E-state index contributed by atoms with van der Waals surface area (Å²) in [6.45, 7) is 0. The number of aromatic carboxylic acids is 3. The van der Waals surface area contributed by atoms with E-state index < -0.39 is 82.2 Å². The van der Waals surface area contributed by atoms with Gasteiger partial charge in [0.1, 0.15) is 34.6 Å². The van der Waals surface area contributed by atoms with E-state index in [1.165, 1.54) is 18.2 Å². The van der Waals surface area contributed by atoms with Crippen LogP contribution in [-0.2, 0) is 34.2 Å². The highest BCUT2D eigenvalue weighted by atomic mass is 35.7. The van der Waals surface area contributed by atoms with E-state index in [0.717, 1.165) is 48.5 Å². The van der Waals surface area contributed by atoms with Gasteiger partial charge in [0, 0.05) is 49.0 Å². The molecule has 7 aromatic rings. The number of hydrogen-bond acceptors (Lipinski definition) is 11. The molecule has 0 saturated heterocycles. The molecular formula is C45H30Cl5F4N2O13S3-. The Hall–Kier alpha value is -6.31. The van der Waals surface area contributed by atoms with Gasteiger partial charge in [-0.05, 0) is 77.9 Å². The van der Waals surface area contributed by atoms with Crippen LogP contribution in [0.5, 0.6) is 0 Å². The van der Waals surface area contributed by atoms with Crippen molar-refractivity contribution in [1.82, 2.24) is 0 Å². The zero-order chi connectivity index (χ0) is 54.1. The first kappa shape index (κ1) is 60.0. The van der Waals surface area contributed by atoms with Gasteiger partial charge < -0.3 is 25.6 Å². The standard InChI is InChI=1S/C19H12ClF2NO4S.C12H9F2N.C7H4Cl2O4S.C7H5ClO2.ClHO3S/c20-13-6-12(19(24)25)7-14(8-13)28(26,27)23-18-9-15(16(21)10-17(18)22)11-4-2-1-3-5-11;13-10-7-11(14)12(15)6-9(10)8-4-2-1-3-5-8;8-5-1-4(7(10)11)2-6(3-5)14(9,12)13;8-6-3-1-2-5(4-6)7(9)10;1-4-5(2)3/h1-10,23H,(H,24,25);1-7H,15H2;1-3H,(H,10,11);1-4H,(H,9,10);(H,2,3)/p-1. The summed E-state index contributed by atoms with van der Waals surface area (Å²) in [5.41, 5.74) is 5.91. The molecule has 7 aromatic carbocycles. The van der Waals surface area contributed by atoms with Gasteiger partial charge in [0.15, 0.2) is 0 Å². The smallest absolute Gasteiger partial charge is 0.335 e. The van der Waals surface area contributed by atoms with E-state index in [-0.39, 0.29) is 42.9 Å². The van der Waals surface area contributed by atoms with Gasteiger partial charge in [0.2, 0.25) is 0 Å². The maximum atomic E-state index is 14.2. The molecular weight excluding hydrogens is 1130 g/mol. The van der Waals surface area contributed by atoms with E-state index in [0.29, 0.717) is 27.8 Å². The van der Waals surface area contributed by atoms with Crippen LogP contribution in [0.4, 0.5) is 28.9 Å². The number of nitrogens with two attached hydrogens (primary N) is 1. The van der Waals surface area contributed by atoms with E-state index in [9.17, 15) is 48.8 Å². The topological polar surface area (TPSA) is 268 Å². The van der Waals surface area contributed by atoms with E-state index in [4.69, 9.17) is 75.3 Å². The van der Waals surface area contributed by atoms with Crippen LogP contribution in [0.25, 0.3) is 22.3 Å². The van der Waals surface area contributed by atoms with Gasteiger partial charge >= 0.3 is 17.9 Å². The van der Waals surface area contributed by atoms with Crippen LogP contribution < -0.4 is 10.5 Å². The lowest BCUT2D eigenvalue weighted by atomic mass is 10.0. The largest absolute Gasteiger partial charge is 0.749 e. The van der Waals surface area contributed by atoms with Crippen LogP contribution in [0.3, 0.4) is 0 Å². The van der Waals surface area contributed by atoms with E-state index in [2.05, 4.69) is 15.6 Å². The van der Waals surface area contributed by atoms with Crippen molar-refractivity contribution in [3.05, 3.63) is 201 Å². The normalized spacial score (nSPS) is 11.0. The van der Waals surface area contributed by atoms with Crippen molar-refractivity contribution in [2.24, 2.45) is 0 Å². The fraction of sp³-hybridized carbons (Fsp3) is 0. The number of anilines is 2. The zero-order valence-corrected chi connectivity index (χ0v) is 41.7. The summed E-state index contributed by atoms with van der Waals surface area (Å²) in [6, 6.07) is 33.1. The number of rotatable bonds is 10. The Balaban J connectivity index is 0.000000264. The number of sulfonamides is 1. The monoisotopic (exact) mass is 1150 g/mol. The minimum atomic E-state index is -4.39. The van der Waals surface area contributed by atoms with Gasteiger partial charge in [-0.2, -0.15) is 3.74 Å². The summed E-state index contributed by atoms with van der Waals surface area (Å²) in [5, 5.41) is 26.4. The fourth-order valence-electron chi connectivity index (χ4n) is 5.36. The van der Waals surface area contributed by atoms with Crippen LogP contribution in [0.15, 0.2) is 155 Å². The number of hydrogen-bond donors (Lipinski definition) is 5. The summed E-state index contributed by atoms with van der Waals surface area (Å²) >= 11 is 18.5. The highest BCUT2D eigenvalue weighted by Gasteiger charge is 2.22. The Morgan fingerprint density at radius 1 is 0.556 bits per heavy atom. The molecule has 0 saturated carbocycles. The molecule has 1 atom stereocenters. The molecule has 0 amide bonds. The molecule has 0 spiro atoms. The van der Waals surface area contributed by atoms with Gasteiger partial charge in [-0.25, -0.2) is 53.0 Å². The SMILES string of the molecule is Nc1cc(-c2ccccc2)c(F)cc1F.O=C(O)c1cc(Cl)cc(S(=O)(=O)Cl)c1.O=C(O)c1cc(Cl)cc(S(=O)(=O)Nc2cc(-c3ccccc3)c(F)cc2F)c1.O=C(O)c1cccc(Cl)c1.O=S([O-])OCl. The molecule has 0 bridgehead atoms. The van der Waals surface area contributed by atoms with Gasteiger partial charge in [-0.1, -0.05) is 102 Å². The van der Waals surface area contributed by atoms with Crippen molar-refractivity contribution in [1.29, 1.82) is 0 Å². The molecule has 380 valence electrons. The van der Waals surface area contributed by atoms with Crippen LogP contribution in [0.2, 0.25) is 15.1 Å². The van der Waals surface area contributed by atoms with Crippen molar-refractivity contribution >= 4 is 117 Å². The molecule has 0 aliphatic rings.